The molecule has 0 aliphatic carbocycles. The number of carbonyl (C=O) groups is 1. The molecule has 0 spiro atoms. The maximum absolute atomic E-state index is 11.8. The number of halogens is 1. The van der Waals surface area contributed by atoms with E-state index < -0.39 is 0 Å². The third kappa shape index (κ3) is 3.43. The Morgan fingerprint density at radius 3 is 3.06 bits per heavy atom. The number of benzene rings is 1. The van der Waals surface area contributed by atoms with E-state index in [1.54, 1.807) is 24.3 Å². The van der Waals surface area contributed by atoms with E-state index in [1.165, 1.54) is 0 Å². The highest BCUT2D eigenvalue weighted by Crippen LogP contribution is 2.14. The molecule has 0 aromatic heterocycles. The molecule has 1 fully saturated rings. The van der Waals surface area contributed by atoms with Crippen molar-refractivity contribution in [3.8, 4) is 0 Å². The van der Waals surface area contributed by atoms with Gasteiger partial charge in [0.2, 0.25) is 0 Å². The molecule has 1 saturated heterocycles. The third-order valence-corrected chi connectivity index (χ3v) is 2.94. The van der Waals surface area contributed by atoms with Crippen molar-refractivity contribution in [3.05, 3.63) is 34.9 Å². The zero-order chi connectivity index (χ0) is 12.1. The monoisotopic (exact) mass is 254 g/mol. The lowest BCUT2D eigenvalue weighted by Gasteiger charge is -2.23. The van der Waals surface area contributed by atoms with Crippen molar-refractivity contribution in [1.82, 2.24) is 10.6 Å². The fraction of sp³-hybridized carbons (Fsp3) is 0.417. The second-order valence-electron chi connectivity index (χ2n) is 3.89. The average Bonchev–Trinajstić information content (AvgIpc) is 2.38. The molecule has 1 aromatic rings. The highest BCUT2D eigenvalue weighted by Gasteiger charge is 2.15. The summed E-state index contributed by atoms with van der Waals surface area (Å²) in [6, 6.07) is 7.00. The quantitative estimate of drug-likeness (QED) is 0.848. The number of rotatable bonds is 3. The molecule has 5 heteroatoms. The van der Waals surface area contributed by atoms with E-state index in [0.717, 1.165) is 13.1 Å². The van der Waals surface area contributed by atoms with Crippen molar-refractivity contribution < 1.29 is 9.53 Å². The van der Waals surface area contributed by atoms with Crippen molar-refractivity contribution in [3.63, 3.8) is 0 Å². The van der Waals surface area contributed by atoms with E-state index in [4.69, 9.17) is 16.3 Å². The zero-order valence-electron chi connectivity index (χ0n) is 9.41. The van der Waals surface area contributed by atoms with Gasteiger partial charge in [-0.1, -0.05) is 23.7 Å². The average molecular weight is 255 g/mol. The van der Waals surface area contributed by atoms with Gasteiger partial charge in [0.05, 0.1) is 23.3 Å². The summed E-state index contributed by atoms with van der Waals surface area (Å²) >= 11 is 5.94. The number of hydrogen-bond donors (Lipinski definition) is 2. The van der Waals surface area contributed by atoms with E-state index in [1.807, 2.05) is 0 Å². The van der Waals surface area contributed by atoms with Gasteiger partial charge in [0.1, 0.15) is 0 Å². The first kappa shape index (κ1) is 12.4. The van der Waals surface area contributed by atoms with Crippen molar-refractivity contribution in [1.29, 1.82) is 0 Å². The van der Waals surface area contributed by atoms with Gasteiger partial charge in [0.25, 0.3) is 5.91 Å². The summed E-state index contributed by atoms with van der Waals surface area (Å²) in [6.45, 7) is 2.82. The first-order chi connectivity index (χ1) is 8.27. The van der Waals surface area contributed by atoms with E-state index in [9.17, 15) is 4.79 Å². The normalized spacial score (nSPS) is 19.9. The Hall–Kier alpha value is -1.10. The highest BCUT2D eigenvalue weighted by molar-refractivity contribution is 6.33. The standard InChI is InChI=1S/C12H15ClN2O2/c13-11-4-2-1-3-10(11)12(16)15-8-9-7-14-5-6-17-9/h1-4,9,14H,5-8H2,(H,15,16). The molecule has 4 nitrogen and oxygen atoms in total. The molecule has 1 amide bonds. The fourth-order valence-electron chi connectivity index (χ4n) is 1.70. The number of hydrogen-bond acceptors (Lipinski definition) is 3. The van der Waals surface area contributed by atoms with Gasteiger partial charge < -0.3 is 15.4 Å². The molecule has 1 aliphatic rings. The molecule has 1 heterocycles. The van der Waals surface area contributed by atoms with Crippen molar-refractivity contribution >= 4 is 17.5 Å². The molecular weight excluding hydrogens is 240 g/mol. The Bertz CT molecular complexity index is 392. The van der Waals surface area contributed by atoms with Crippen LogP contribution >= 0.6 is 11.6 Å². The summed E-state index contributed by atoms with van der Waals surface area (Å²) in [5.41, 5.74) is 0.498. The molecule has 0 bridgehead atoms. The smallest absolute Gasteiger partial charge is 0.252 e. The lowest BCUT2D eigenvalue weighted by atomic mass is 10.2. The topological polar surface area (TPSA) is 50.4 Å². The van der Waals surface area contributed by atoms with Crippen LogP contribution in [0.2, 0.25) is 5.02 Å². The molecule has 1 unspecified atom stereocenters. The number of amides is 1. The highest BCUT2D eigenvalue weighted by atomic mass is 35.5. The summed E-state index contributed by atoms with van der Waals surface area (Å²) in [4.78, 5) is 11.8. The van der Waals surface area contributed by atoms with Crippen molar-refractivity contribution in [2.75, 3.05) is 26.2 Å². The molecule has 2 N–H and O–H groups in total. The summed E-state index contributed by atoms with van der Waals surface area (Å²) in [5, 5.41) is 6.49. The van der Waals surface area contributed by atoms with Crippen molar-refractivity contribution in [2.45, 2.75) is 6.10 Å². The van der Waals surface area contributed by atoms with Gasteiger partial charge in [-0.05, 0) is 12.1 Å². The molecular formula is C12H15ClN2O2. The minimum atomic E-state index is -0.162. The van der Waals surface area contributed by atoms with Crippen LogP contribution < -0.4 is 10.6 Å². The maximum atomic E-state index is 11.8. The Morgan fingerprint density at radius 1 is 1.53 bits per heavy atom. The predicted octanol–water partition coefficient (Wildman–Crippen LogP) is 1.06. The van der Waals surface area contributed by atoms with Crippen LogP contribution in [-0.4, -0.2) is 38.3 Å². The number of ether oxygens (including phenoxy) is 1. The largest absolute Gasteiger partial charge is 0.374 e. The predicted molar refractivity (Wildman–Crippen MR) is 66.4 cm³/mol. The molecule has 92 valence electrons. The molecule has 17 heavy (non-hydrogen) atoms. The third-order valence-electron chi connectivity index (χ3n) is 2.61. The van der Waals surface area contributed by atoms with Crippen LogP contribution in [0, 0.1) is 0 Å². The maximum Gasteiger partial charge on any atom is 0.252 e. The van der Waals surface area contributed by atoms with E-state index in [2.05, 4.69) is 10.6 Å². The molecule has 1 aromatic carbocycles. The number of carbonyl (C=O) groups excluding carboxylic acids is 1. The van der Waals surface area contributed by atoms with Crippen LogP contribution in [0.5, 0.6) is 0 Å². The fourth-order valence-corrected chi connectivity index (χ4v) is 1.92. The van der Waals surface area contributed by atoms with Crippen LogP contribution in [0.1, 0.15) is 10.4 Å². The first-order valence-electron chi connectivity index (χ1n) is 5.62. The van der Waals surface area contributed by atoms with Crippen LogP contribution in [0.15, 0.2) is 24.3 Å². The van der Waals surface area contributed by atoms with Gasteiger partial charge in [-0.2, -0.15) is 0 Å². The number of morpholine rings is 1. The molecule has 0 radical (unpaired) electrons. The summed E-state index contributed by atoms with van der Waals surface area (Å²) in [5.74, 6) is -0.162. The minimum Gasteiger partial charge on any atom is -0.374 e. The van der Waals surface area contributed by atoms with Gasteiger partial charge in [0.15, 0.2) is 0 Å². The van der Waals surface area contributed by atoms with Crippen LogP contribution in [-0.2, 0) is 4.74 Å². The van der Waals surface area contributed by atoms with Gasteiger partial charge in [-0.3, -0.25) is 4.79 Å². The number of nitrogens with one attached hydrogen (secondary N) is 2. The minimum absolute atomic E-state index is 0.0372. The van der Waals surface area contributed by atoms with Crippen LogP contribution in [0.25, 0.3) is 0 Å². The van der Waals surface area contributed by atoms with E-state index in [0.29, 0.717) is 23.7 Å². The molecule has 1 atom stereocenters. The Labute approximate surface area is 105 Å². The zero-order valence-corrected chi connectivity index (χ0v) is 10.2. The summed E-state index contributed by atoms with van der Waals surface area (Å²) in [7, 11) is 0. The summed E-state index contributed by atoms with van der Waals surface area (Å²) < 4.78 is 5.48. The molecule has 2 rings (SSSR count). The Balaban J connectivity index is 1.87. The van der Waals surface area contributed by atoms with Gasteiger partial charge >= 0.3 is 0 Å². The Kier molecular flexibility index (Phi) is 4.36. The lowest BCUT2D eigenvalue weighted by molar-refractivity contribution is 0.0287. The van der Waals surface area contributed by atoms with E-state index in [-0.39, 0.29) is 12.0 Å². The van der Waals surface area contributed by atoms with Gasteiger partial charge in [0, 0.05) is 19.6 Å². The van der Waals surface area contributed by atoms with Crippen LogP contribution in [0.4, 0.5) is 0 Å². The molecule has 1 aliphatic heterocycles. The SMILES string of the molecule is O=C(NCC1CNCCO1)c1ccccc1Cl. The van der Waals surface area contributed by atoms with Gasteiger partial charge in [-0.15, -0.1) is 0 Å². The van der Waals surface area contributed by atoms with Crippen molar-refractivity contribution in [2.24, 2.45) is 0 Å². The Morgan fingerprint density at radius 2 is 2.35 bits per heavy atom. The second-order valence-corrected chi connectivity index (χ2v) is 4.29. The van der Waals surface area contributed by atoms with Gasteiger partial charge in [-0.25, -0.2) is 0 Å². The van der Waals surface area contributed by atoms with E-state index >= 15 is 0 Å². The lowest BCUT2D eigenvalue weighted by Crippen LogP contribution is -2.45. The first-order valence-corrected chi connectivity index (χ1v) is 6.00. The summed E-state index contributed by atoms with van der Waals surface area (Å²) in [6.07, 6.45) is 0.0372. The second kappa shape index (κ2) is 6.00. The van der Waals surface area contributed by atoms with Crippen LogP contribution in [0.3, 0.4) is 0 Å². The molecule has 0 saturated carbocycles.